The van der Waals surface area contributed by atoms with Crippen molar-refractivity contribution in [1.82, 2.24) is 9.29 Å². The van der Waals surface area contributed by atoms with Crippen LogP contribution in [0, 0.1) is 11.7 Å². The summed E-state index contributed by atoms with van der Waals surface area (Å²) in [5, 5.41) is 0.567. The maximum atomic E-state index is 13.9. The summed E-state index contributed by atoms with van der Waals surface area (Å²) in [5.74, 6) is -0.489. The second-order valence-electron chi connectivity index (χ2n) is 9.07. The number of fused-ring (bicyclic) bond motifs is 1. The van der Waals surface area contributed by atoms with E-state index in [1.807, 2.05) is 18.2 Å². The van der Waals surface area contributed by atoms with E-state index in [4.69, 9.17) is 14.5 Å². The third-order valence-corrected chi connectivity index (χ3v) is 9.61. The second kappa shape index (κ2) is 10.4. The Labute approximate surface area is 213 Å². The first-order chi connectivity index (χ1) is 17.3. The molecule has 0 bridgehead atoms. The third-order valence-electron chi connectivity index (χ3n) is 6.68. The Balaban J connectivity index is 1.41. The number of hydrogen-bond acceptors (Lipinski definition) is 7. The molecule has 0 N–H and O–H groups in total. The summed E-state index contributed by atoms with van der Waals surface area (Å²) in [5.41, 5.74) is 0.739. The number of anilines is 1. The summed E-state index contributed by atoms with van der Waals surface area (Å²) in [7, 11) is -2.25. The van der Waals surface area contributed by atoms with Crippen LogP contribution in [-0.4, -0.2) is 63.1 Å². The minimum Gasteiger partial charge on any atom is -0.497 e. The number of carbonyl (C=O) groups excluding carboxylic acids is 1. The summed E-state index contributed by atoms with van der Waals surface area (Å²) in [6.45, 7) is 1.42. The summed E-state index contributed by atoms with van der Waals surface area (Å²) < 4.78 is 53.1. The van der Waals surface area contributed by atoms with Gasteiger partial charge in [-0.15, -0.1) is 0 Å². The topological polar surface area (TPSA) is 89.0 Å². The maximum absolute atomic E-state index is 13.9. The van der Waals surface area contributed by atoms with Crippen LogP contribution >= 0.6 is 11.3 Å². The molecule has 0 spiro atoms. The molecular formula is C25H28FN3O5S2. The molecule has 2 fully saturated rings. The first kappa shape index (κ1) is 25.1. The van der Waals surface area contributed by atoms with Crippen molar-refractivity contribution in [1.29, 1.82) is 0 Å². The molecule has 0 aliphatic carbocycles. The van der Waals surface area contributed by atoms with Crippen molar-refractivity contribution in [3.63, 3.8) is 0 Å². The molecule has 5 rings (SSSR count). The standard InChI is InChI=1S/C25H28FN3O5S2/c1-33-19-8-11-23-22(14-19)27-25(35-23)29(16-20-5-3-13-34-20)24(30)17-4-2-12-28(15-17)36(31,32)21-9-6-18(26)7-10-21/h6-11,14,17,20H,2-5,12-13,15-16H2,1H3. The Hall–Kier alpha value is -2.60. The summed E-state index contributed by atoms with van der Waals surface area (Å²) in [6, 6.07) is 10.4. The van der Waals surface area contributed by atoms with Gasteiger partial charge in [0.05, 0.1) is 40.8 Å². The predicted molar refractivity (Wildman–Crippen MR) is 135 cm³/mol. The highest BCUT2D eigenvalue weighted by molar-refractivity contribution is 7.89. The lowest BCUT2D eigenvalue weighted by molar-refractivity contribution is -0.123. The van der Waals surface area contributed by atoms with Crippen LogP contribution in [-0.2, 0) is 19.6 Å². The Morgan fingerprint density at radius 3 is 2.75 bits per heavy atom. The zero-order valence-electron chi connectivity index (χ0n) is 19.9. The molecule has 11 heteroatoms. The smallest absolute Gasteiger partial charge is 0.243 e. The molecule has 2 aliphatic rings. The van der Waals surface area contributed by atoms with Crippen molar-refractivity contribution < 1.29 is 27.1 Å². The zero-order valence-corrected chi connectivity index (χ0v) is 21.6. The van der Waals surface area contributed by atoms with Gasteiger partial charge in [0.15, 0.2) is 5.13 Å². The largest absolute Gasteiger partial charge is 0.497 e. The first-order valence-electron chi connectivity index (χ1n) is 12.0. The van der Waals surface area contributed by atoms with E-state index in [0.717, 1.165) is 35.2 Å². The van der Waals surface area contributed by atoms with Gasteiger partial charge in [0.2, 0.25) is 15.9 Å². The van der Waals surface area contributed by atoms with E-state index >= 15 is 0 Å². The molecule has 1 aromatic heterocycles. The molecule has 3 aromatic rings. The van der Waals surface area contributed by atoms with E-state index in [9.17, 15) is 17.6 Å². The zero-order chi connectivity index (χ0) is 25.3. The van der Waals surface area contributed by atoms with Gasteiger partial charge in [0.25, 0.3) is 0 Å². The van der Waals surface area contributed by atoms with Crippen LogP contribution < -0.4 is 9.64 Å². The molecule has 2 saturated heterocycles. The van der Waals surface area contributed by atoms with Crippen LogP contribution in [0.3, 0.4) is 0 Å². The quantitative estimate of drug-likeness (QED) is 0.455. The van der Waals surface area contributed by atoms with Crippen LogP contribution in [0.1, 0.15) is 25.7 Å². The van der Waals surface area contributed by atoms with Crippen molar-refractivity contribution >= 4 is 42.6 Å². The highest BCUT2D eigenvalue weighted by Gasteiger charge is 2.37. The highest BCUT2D eigenvalue weighted by Crippen LogP contribution is 2.34. The maximum Gasteiger partial charge on any atom is 0.243 e. The molecular weight excluding hydrogens is 505 g/mol. The Bertz CT molecular complexity index is 1340. The average Bonchev–Trinajstić information content (AvgIpc) is 3.56. The normalized spacial score (nSPS) is 21.1. The number of thiazole rings is 1. The van der Waals surface area contributed by atoms with Gasteiger partial charge in [0, 0.05) is 25.8 Å². The number of rotatable bonds is 7. The lowest BCUT2D eigenvalue weighted by Gasteiger charge is -2.34. The number of nitrogens with zero attached hydrogens (tertiary/aromatic N) is 3. The molecule has 3 heterocycles. The fourth-order valence-electron chi connectivity index (χ4n) is 4.73. The third kappa shape index (κ3) is 5.10. The van der Waals surface area contributed by atoms with Crippen molar-refractivity contribution in [2.45, 2.75) is 36.7 Å². The molecule has 2 atom stereocenters. The molecule has 2 unspecified atom stereocenters. The van der Waals surface area contributed by atoms with Gasteiger partial charge in [-0.1, -0.05) is 11.3 Å². The van der Waals surface area contributed by atoms with E-state index < -0.39 is 21.8 Å². The van der Waals surface area contributed by atoms with Gasteiger partial charge < -0.3 is 9.47 Å². The molecule has 8 nitrogen and oxygen atoms in total. The number of piperidine rings is 1. The van der Waals surface area contributed by atoms with Crippen LogP contribution in [0.5, 0.6) is 5.75 Å². The van der Waals surface area contributed by atoms with Gasteiger partial charge in [-0.05, 0) is 62.1 Å². The van der Waals surface area contributed by atoms with Crippen molar-refractivity contribution in [2.24, 2.45) is 5.92 Å². The monoisotopic (exact) mass is 533 g/mol. The summed E-state index contributed by atoms with van der Waals surface area (Å²) >= 11 is 1.42. The minimum absolute atomic E-state index is 0.0216. The van der Waals surface area contributed by atoms with E-state index in [2.05, 4.69) is 0 Å². The number of aromatic nitrogens is 1. The van der Waals surface area contributed by atoms with Crippen LogP contribution in [0.25, 0.3) is 10.2 Å². The van der Waals surface area contributed by atoms with E-state index in [0.29, 0.717) is 43.4 Å². The number of methoxy groups -OCH3 is 1. The van der Waals surface area contributed by atoms with Crippen molar-refractivity contribution in [3.05, 3.63) is 48.3 Å². The second-order valence-corrected chi connectivity index (χ2v) is 12.0. The molecule has 1 amide bonds. The average molecular weight is 534 g/mol. The fraction of sp³-hybridized carbons (Fsp3) is 0.440. The molecule has 36 heavy (non-hydrogen) atoms. The van der Waals surface area contributed by atoms with E-state index in [-0.39, 0.29) is 23.5 Å². The Morgan fingerprint density at radius 2 is 2.03 bits per heavy atom. The molecule has 2 aromatic carbocycles. The van der Waals surface area contributed by atoms with Crippen LogP contribution in [0.15, 0.2) is 47.4 Å². The molecule has 0 radical (unpaired) electrons. The number of halogens is 1. The van der Waals surface area contributed by atoms with Gasteiger partial charge in [-0.2, -0.15) is 4.31 Å². The Morgan fingerprint density at radius 1 is 1.22 bits per heavy atom. The van der Waals surface area contributed by atoms with Crippen molar-refractivity contribution in [3.8, 4) is 5.75 Å². The van der Waals surface area contributed by atoms with Gasteiger partial charge in [0.1, 0.15) is 11.6 Å². The lowest BCUT2D eigenvalue weighted by atomic mass is 9.98. The SMILES string of the molecule is COc1ccc2sc(N(CC3CCCO3)C(=O)C3CCCN(S(=O)(=O)c4ccc(F)cc4)C3)nc2c1. The lowest BCUT2D eigenvalue weighted by Crippen LogP contribution is -2.48. The van der Waals surface area contributed by atoms with Gasteiger partial charge in [-0.3, -0.25) is 9.69 Å². The van der Waals surface area contributed by atoms with E-state index in [1.165, 1.54) is 27.8 Å². The van der Waals surface area contributed by atoms with Crippen molar-refractivity contribution in [2.75, 3.05) is 38.3 Å². The molecule has 192 valence electrons. The summed E-state index contributed by atoms with van der Waals surface area (Å²) in [4.78, 5) is 20.3. The Kier molecular flexibility index (Phi) is 7.25. The first-order valence-corrected chi connectivity index (χ1v) is 14.2. The van der Waals surface area contributed by atoms with Gasteiger partial charge in [-0.25, -0.2) is 17.8 Å². The van der Waals surface area contributed by atoms with E-state index in [1.54, 1.807) is 12.0 Å². The van der Waals surface area contributed by atoms with Gasteiger partial charge >= 0.3 is 0 Å². The number of ether oxygens (including phenoxy) is 2. The minimum atomic E-state index is -3.84. The summed E-state index contributed by atoms with van der Waals surface area (Å²) in [6.07, 6.45) is 2.85. The van der Waals surface area contributed by atoms with Crippen LogP contribution in [0.4, 0.5) is 9.52 Å². The predicted octanol–water partition coefficient (Wildman–Crippen LogP) is 4.06. The number of hydrogen-bond donors (Lipinski definition) is 0. The molecule has 2 aliphatic heterocycles. The number of carbonyl (C=O) groups is 1. The van der Waals surface area contributed by atoms with Crippen LogP contribution in [0.2, 0.25) is 0 Å². The number of benzene rings is 2. The fourth-order valence-corrected chi connectivity index (χ4v) is 7.21. The number of amides is 1. The molecule has 0 saturated carbocycles. The highest BCUT2D eigenvalue weighted by atomic mass is 32.2. The number of sulfonamides is 1.